The molecule has 1 aliphatic carbocycles. The van der Waals surface area contributed by atoms with Crippen molar-refractivity contribution < 1.29 is 9.90 Å². The second-order valence-electron chi connectivity index (χ2n) is 5.60. The van der Waals surface area contributed by atoms with Crippen LogP contribution >= 0.6 is 0 Å². The zero-order valence-corrected chi connectivity index (χ0v) is 11.4. The Labute approximate surface area is 118 Å². The van der Waals surface area contributed by atoms with E-state index in [4.69, 9.17) is 0 Å². The first kappa shape index (κ1) is 13.2. The fraction of sp³-hybridized carbons (Fsp3) is 0.438. The molecule has 0 aliphatic heterocycles. The average molecular weight is 272 g/mol. The number of hydrogen-bond donors (Lipinski definition) is 3. The van der Waals surface area contributed by atoms with Gasteiger partial charge < -0.3 is 15.4 Å². The van der Waals surface area contributed by atoms with Gasteiger partial charge in [-0.3, -0.25) is 4.79 Å². The summed E-state index contributed by atoms with van der Waals surface area (Å²) >= 11 is 0. The van der Waals surface area contributed by atoms with Crippen molar-refractivity contribution >= 4 is 16.9 Å². The molecule has 4 nitrogen and oxygen atoms in total. The van der Waals surface area contributed by atoms with Crippen LogP contribution in [0.1, 0.15) is 31.2 Å². The van der Waals surface area contributed by atoms with E-state index in [1.807, 2.05) is 30.5 Å². The molecule has 1 aromatic carbocycles. The zero-order chi connectivity index (χ0) is 13.9. The van der Waals surface area contributed by atoms with Crippen molar-refractivity contribution in [1.82, 2.24) is 10.3 Å². The lowest BCUT2D eigenvalue weighted by Gasteiger charge is -2.19. The van der Waals surface area contributed by atoms with E-state index in [-0.39, 0.29) is 0 Å². The van der Waals surface area contributed by atoms with Crippen LogP contribution in [0.25, 0.3) is 10.9 Å². The number of benzene rings is 1. The highest BCUT2D eigenvalue weighted by Crippen LogP contribution is 2.21. The molecule has 4 heteroatoms. The van der Waals surface area contributed by atoms with Crippen LogP contribution in [0.4, 0.5) is 0 Å². The second kappa shape index (κ2) is 5.67. The third-order valence-electron chi connectivity index (χ3n) is 4.19. The van der Waals surface area contributed by atoms with Crippen LogP contribution in [0.15, 0.2) is 30.5 Å². The molecule has 2 aromatic rings. The van der Waals surface area contributed by atoms with Gasteiger partial charge in [0.25, 0.3) is 0 Å². The molecule has 1 heterocycles. The molecule has 1 atom stereocenters. The van der Waals surface area contributed by atoms with Crippen molar-refractivity contribution in [3.05, 3.63) is 36.0 Å². The van der Waals surface area contributed by atoms with E-state index in [9.17, 15) is 9.90 Å². The molecule has 0 amide bonds. The summed E-state index contributed by atoms with van der Waals surface area (Å²) in [6.07, 6.45) is 7.05. The highest BCUT2D eigenvalue weighted by molar-refractivity contribution is 5.84. The number of para-hydroxylation sites is 1. The predicted octanol–water partition coefficient (Wildman–Crippen LogP) is 2.70. The minimum absolute atomic E-state index is 0.362. The molecule has 0 saturated heterocycles. The largest absolute Gasteiger partial charge is 0.480 e. The van der Waals surface area contributed by atoms with E-state index in [1.165, 1.54) is 12.8 Å². The maximum absolute atomic E-state index is 11.5. The Morgan fingerprint density at radius 1 is 1.35 bits per heavy atom. The summed E-state index contributed by atoms with van der Waals surface area (Å²) in [5, 5.41) is 13.9. The highest BCUT2D eigenvalue weighted by atomic mass is 16.4. The van der Waals surface area contributed by atoms with Crippen molar-refractivity contribution in [2.45, 2.75) is 44.2 Å². The van der Waals surface area contributed by atoms with Gasteiger partial charge in [-0.1, -0.05) is 31.0 Å². The van der Waals surface area contributed by atoms with Crippen LogP contribution in [0.3, 0.4) is 0 Å². The number of H-pyrrole nitrogens is 1. The first-order valence-electron chi connectivity index (χ1n) is 7.28. The number of nitrogens with one attached hydrogen (secondary N) is 2. The van der Waals surface area contributed by atoms with Gasteiger partial charge in [-0.15, -0.1) is 0 Å². The summed E-state index contributed by atoms with van der Waals surface area (Å²) in [6.45, 7) is 0. The van der Waals surface area contributed by atoms with Crippen molar-refractivity contribution in [3.8, 4) is 0 Å². The monoisotopic (exact) mass is 272 g/mol. The predicted molar refractivity (Wildman–Crippen MR) is 78.8 cm³/mol. The van der Waals surface area contributed by atoms with Gasteiger partial charge in [0.15, 0.2) is 0 Å². The Balaban J connectivity index is 1.77. The normalized spacial score (nSPS) is 17.6. The molecule has 0 bridgehead atoms. The number of carboxylic acids is 1. The lowest BCUT2D eigenvalue weighted by Crippen LogP contribution is -2.43. The second-order valence-corrected chi connectivity index (χ2v) is 5.60. The standard InChI is InChI=1S/C16H20N2O2/c19-16(20)15(18-12-5-1-2-6-12)9-11-10-17-14-8-4-3-7-13(11)14/h3-4,7-8,10,12,15,17-18H,1-2,5-6,9H2,(H,19,20). The molecule has 3 N–H and O–H groups in total. The third kappa shape index (κ3) is 2.70. The van der Waals surface area contributed by atoms with Crippen LogP contribution in [-0.2, 0) is 11.2 Å². The van der Waals surface area contributed by atoms with Gasteiger partial charge in [-0.05, 0) is 24.5 Å². The summed E-state index contributed by atoms with van der Waals surface area (Å²) in [7, 11) is 0. The fourth-order valence-corrected chi connectivity index (χ4v) is 3.11. The number of carboxylic acid groups (broad SMARTS) is 1. The van der Waals surface area contributed by atoms with Crippen LogP contribution in [0.2, 0.25) is 0 Å². The Bertz CT molecular complexity index is 599. The minimum Gasteiger partial charge on any atom is -0.480 e. The fourth-order valence-electron chi connectivity index (χ4n) is 3.11. The SMILES string of the molecule is O=C(O)C(Cc1c[nH]c2ccccc12)NC1CCCC1. The van der Waals surface area contributed by atoms with Crippen molar-refractivity contribution in [2.75, 3.05) is 0 Å². The minimum atomic E-state index is -0.762. The van der Waals surface area contributed by atoms with E-state index in [2.05, 4.69) is 10.3 Å². The smallest absolute Gasteiger partial charge is 0.321 e. The number of rotatable bonds is 5. The summed E-state index contributed by atoms with van der Waals surface area (Å²) < 4.78 is 0. The molecular weight excluding hydrogens is 252 g/mol. The van der Waals surface area contributed by atoms with Gasteiger partial charge in [0.05, 0.1) is 0 Å². The molecule has 1 aliphatic rings. The van der Waals surface area contributed by atoms with Crippen molar-refractivity contribution in [2.24, 2.45) is 0 Å². The van der Waals surface area contributed by atoms with E-state index in [0.29, 0.717) is 12.5 Å². The van der Waals surface area contributed by atoms with Crippen molar-refractivity contribution in [1.29, 1.82) is 0 Å². The van der Waals surface area contributed by atoms with E-state index in [1.54, 1.807) is 0 Å². The van der Waals surface area contributed by atoms with Gasteiger partial charge in [0.2, 0.25) is 0 Å². The zero-order valence-electron chi connectivity index (χ0n) is 11.4. The van der Waals surface area contributed by atoms with Crippen LogP contribution in [0.5, 0.6) is 0 Å². The Hall–Kier alpha value is -1.81. The van der Waals surface area contributed by atoms with Gasteiger partial charge in [0, 0.05) is 29.6 Å². The summed E-state index contributed by atoms with van der Waals surface area (Å²) in [5.74, 6) is -0.762. The topological polar surface area (TPSA) is 65.1 Å². The Kier molecular flexibility index (Phi) is 3.74. The molecule has 1 unspecified atom stereocenters. The molecule has 20 heavy (non-hydrogen) atoms. The molecule has 3 rings (SSSR count). The molecular formula is C16H20N2O2. The quantitative estimate of drug-likeness (QED) is 0.784. The number of aromatic amines is 1. The number of aromatic nitrogens is 1. The van der Waals surface area contributed by atoms with Gasteiger partial charge in [0.1, 0.15) is 6.04 Å². The summed E-state index contributed by atoms with van der Waals surface area (Å²) in [4.78, 5) is 14.7. The molecule has 1 aromatic heterocycles. The Morgan fingerprint density at radius 3 is 2.85 bits per heavy atom. The van der Waals surface area contributed by atoms with Crippen molar-refractivity contribution in [3.63, 3.8) is 0 Å². The van der Waals surface area contributed by atoms with Gasteiger partial charge >= 0.3 is 5.97 Å². The summed E-state index contributed by atoms with van der Waals surface area (Å²) in [5.41, 5.74) is 2.13. The first-order valence-corrected chi connectivity index (χ1v) is 7.28. The van der Waals surface area contributed by atoms with Crippen LogP contribution in [0, 0.1) is 0 Å². The molecule has 0 radical (unpaired) electrons. The van der Waals surface area contributed by atoms with Crippen LogP contribution < -0.4 is 5.32 Å². The van der Waals surface area contributed by atoms with E-state index >= 15 is 0 Å². The number of fused-ring (bicyclic) bond motifs is 1. The maximum Gasteiger partial charge on any atom is 0.321 e. The molecule has 1 fully saturated rings. The molecule has 106 valence electrons. The van der Waals surface area contributed by atoms with E-state index < -0.39 is 12.0 Å². The number of carbonyl (C=O) groups is 1. The average Bonchev–Trinajstić information content (AvgIpc) is 3.08. The first-order chi connectivity index (χ1) is 9.74. The summed E-state index contributed by atoms with van der Waals surface area (Å²) in [6, 6.07) is 7.88. The third-order valence-corrected chi connectivity index (χ3v) is 4.19. The Morgan fingerprint density at radius 2 is 2.10 bits per heavy atom. The molecule has 0 spiro atoms. The van der Waals surface area contributed by atoms with Gasteiger partial charge in [-0.25, -0.2) is 0 Å². The lowest BCUT2D eigenvalue weighted by atomic mass is 10.0. The van der Waals surface area contributed by atoms with E-state index in [0.717, 1.165) is 29.3 Å². The maximum atomic E-state index is 11.5. The molecule has 1 saturated carbocycles. The highest BCUT2D eigenvalue weighted by Gasteiger charge is 2.24. The van der Waals surface area contributed by atoms with Gasteiger partial charge in [-0.2, -0.15) is 0 Å². The number of hydrogen-bond acceptors (Lipinski definition) is 2. The number of aliphatic carboxylic acids is 1. The van der Waals surface area contributed by atoms with Crippen LogP contribution in [-0.4, -0.2) is 28.1 Å². The lowest BCUT2D eigenvalue weighted by molar-refractivity contribution is -0.139.